The molecule has 0 aliphatic rings. The average Bonchev–Trinajstić information content (AvgIpc) is 2.47. The van der Waals surface area contributed by atoms with Gasteiger partial charge in [-0.3, -0.25) is 0 Å². The lowest BCUT2D eigenvalue weighted by Crippen LogP contribution is -2.01. The number of rotatable bonds is 1. The maximum absolute atomic E-state index is 5.91. The van der Waals surface area contributed by atoms with Crippen LogP contribution in [0.1, 0.15) is 17.0 Å². The largest absolute Gasteiger partial charge is 0.396 e. The molecule has 0 amide bonds. The predicted octanol–water partition coefficient (Wildman–Crippen LogP) is 2.80. The summed E-state index contributed by atoms with van der Waals surface area (Å²) < 4.78 is 1.90. The van der Waals surface area contributed by atoms with Crippen molar-refractivity contribution in [3.8, 4) is 5.69 Å². The van der Waals surface area contributed by atoms with E-state index in [4.69, 9.17) is 5.73 Å². The smallest absolute Gasteiger partial charge is 0.0830 e. The fraction of sp³-hybridized carbons (Fsp3) is 0.250. The molecule has 0 bridgehead atoms. The molecule has 16 heavy (non-hydrogen) atoms. The molecule has 4 heteroatoms. The first-order valence-electron chi connectivity index (χ1n) is 4.99. The molecule has 0 aliphatic heterocycles. The third-order valence-electron chi connectivity index (χ3n) is 2.69. The minimum Gasteiger partial charge on any atom is -0.396 e. The van der Waals surface area contributed by atoms with Crippen molar-refractivity contribution in [2.45, 2.75) is 20.8 Å². The third kappa shape index (κ3) is 1.91. The Hall–Kier alpha value is -1.48. The van der Waals surface area contributed by atoms with Crippen molar-refractivity contribution in [1.29, 1.82) is 0 Å². The van der Waals surface area contributed by atoms with E-state index in [-0.39, 0.29) is 12.4 Å². The second kappa shape index (κ2) is 4.58. The highest BCUT2D eigenvalue weighted by Crippen LogP contribution is 2.21. The van der Waals surface area contributed by atoms with Crippen LogP contribution in [0, 0.1) is 20.8 Å². The molecule has 1 heterocycles. The summed E-state index contributed by atoms with van der Waals surface area (Å²) in [6.07, 6.45) is 0. The first-order valence-corrected chi connectivity index (χ1v) is 4.99. The van der Waals surface area contributed by atoms with Gasteiger partial charge in [0.15, 0.2) is 0 Å². The second-order valence-corrected chi connectivity index (χ2v) is 3.78. The van der Waals surface area contributed by atoms with Crippen LogP contribution in [0.5, 0.6) is 0 Å². The topological polar surface area (TPSA) is 43.8 Å². The summed E-state index contributed by atoms with van der Waals surface area (Å²) >= 11 is 0. The van der Waals surface area contributed by atoms with E-state index in [2.05, 4.69) is 18.1 Å². The zero-order valence-electron chi connectivity index (χ0n) is 9.69. The van der Waals surface area contributed by atoms with E-state index in [1.165, 1.54) is 5.56 Å². The molecule has 3 nitrogen and oxygen atoms in total. The quantitative estimate of drug-likeness (QED) is 0.829. The minimum atomic E-state index is 0. The van der Waals surface area contributed by atoms with Crippen LogP contribution < -0.4 is 5.73 Å². The van der Waals surface area contributed by atoms with Gasteiger partial charge in [0.1, 0.15) is 0 Å². The number of hydrogen-bond donors (Lipinski definition) is 1. The molecule has 0 unspecified atom stereocenters. The van der Waals surface area contributed by atoms with Gasteiger partial charge < -0.3 is 5.73 Å². The molecule has 0 fully saturated rings. The van der Waals surface area contributed by atoms with Crippen molar-refractivity contribution in [2.24, 2.45) is 0 Å². The van der Waals surface area contributed by atoms with Gasteiger partial charge in [0, 0.05) is 0 Å². The molecule has 0 saturated carbocycles. The van der Waals surface area contributed by atoms with Crippen molar-refractivity contribution in [1.82, 2.24) is 9.78 Å². The van der Waals surface area contributed by atoms with Gasteiger partial charge in [0.2, 0.25) is 0 Å². The summed E-state index contributed by atoms with van der Waals surface area (Å²) in [6.45, 7) is 5.99. The van der Waals surface area contributed by atoms with Crippen LogP contribution >= 0.6 is 12.4 Å². The molecule has 2 rings (SSSR count). The Morgan fingerprint density at radius 2 is 1.75 bits per heavy atom. The number of aryl methyl sites for hydroxylation is 2. The normalized spacial score (nSPS) is 9.94. The number of halogens is 1. The van der Waals surface area contributed by atoms with Gasteiger partial charge in [-0.25, -0.2) is 4.68 Å². The maximum atomic E-state index is 5.91. The van der Waals surface area contributed by atoms with Gasteiger partial charge in [-0.05, 0) is 32.4 Å². The van der Waals surface area contributed by atoms with E-state index >= 15 is 0 Å². The molecule has 2 N–H and O–H groups in total. The lowest BCUT2D eigenvalue weighted by molar-refractivity contribution is 0.827. The molecular formula is C12H16ClN3. The van der Waals surface area contributed by atoms with Crippen LogP contribution in [-0.2, 0) is 0 Å². The maximum Gasteiger partial charge on any atom is 0.0830 e. The van der Waals surface area contributed by atoms with E-state index in [0.29, 0.717) is 0 Å². The number of aromatic nitrogens is 2. The molecular weight excluding hydrogens is 222 g/mol. The lowest BCUT2D eigenvalue weighted by atomic mass is 10.2. The van der Waals surface area contributed by atoms with Gasteiger partial charge in [0.25, 0.3) is 0 Å². The Balaban J connectivity index is 0.00000128. The highest BCUT2D eigenvalue weighted by Gasteiger charge is 2.10. The number of nitrogens with two attached hydrogens (primary N) is 1. The van der Waals surface area contributed by atoms with Crippen LogP contribution in [-0.4, -0.2) is 9.78 Å². The van der Waals surface area contributed by atoms with Gasteiger partial charge in [-0.15, -0.1) is 12.4 Å². The highest BCUT2D eigenvalue weighted by molar-refractivity contribution is 5.85. The minimum absolute atomic E-state index is 0. The van der Waals surface area contributed by atoms with Crippen LogP contribution in [0.15, 0.2) is 24.3 Å². The molecule has 0 radical (unpaired) electrons. The summed E-state index contributed by atoms with van der Waals surface area (Å²) in [6, 6.07) is 8.15. The summed E-state index contributed by atoms with van der Waals surface area (Å²) in [5, 5.41) is 4.43. The van der Waals surface area contributed by atoms with Crippen LogP contribution in [0.3, 0.4) is 0 Å². The lowest BCUT2D eigenvalue weighted by Gasteiger charge is -2.07. The fourth-order valence-electron chi connectivity index (χ4n) is 1.69. The molecule has 2 aromatic rings. The average molecular weight is 238 g/mol. The van der Waals surface area contributed by atoms with Crippen LogP contribution in [0.2, 0.25) is 0 Å². The zero-order chi connectivity index (χ0) is 11.0. The van der Waals surface area contributed by atoms with Crippen LogP contribution in [0.25, 0.3) is 5.69 Å². The molecule has 0 aliphatic carbocycles. The fourth-order valence-corrected chi connectivity index (χ4v) is 1.69. The van der Waals surface area contributed by atoms with Crippen LogP contribution in [0.4, 0.5) is 5.69 Å². The van der Waals surface area contributed by atoms with Gasteiger partial charge in [-0.1, -0.05) is 18.2 Å². The molecule has 1 aromatic carbocycles. The number of hydrogen-bond acceptors (Lipinski definition) is 2. The van der Waals surface area contributed by atoms with E-state index in [1.807, 2.05) is 36.7 Å². The Morgan fingerprint density at radius 1 is 1.12 bits per heavy atom. The summed E-state index contributed by atoms with van der Waals surface area (Å²) in [5.74, 6) is 0. The Kier molecular flexibility index (Phi) is 3.60. The van der Waals surface area contributed by atoms with Crippen molar-refractivity contribution in [3.63, 3.8) is 0 Å². The van der Waals surface area contributed by atoms with E-state index in [9.17, 15) is 0 Å². The molecule has 0 spiro atoms. The summed E-state index contributed by atoms with van der Waals surface area (Å²) in [7, 11) is 0. The molecule has 0 saturated heterocycles. The van der Waals surface area contributed by atoms with Gasteiger partial charge in [-0.2, -0.15) is 5.10 Å². The first-order chi connectivity index (χ1) is 7.11. The Morgan fingerprint density at radius 3 is 2.25 bits per heavy atom. The van der Waals surface area contributed by atoms with Gasteiger partial charge in [0.05, 0.1) is 22.8 Å². The summed E-state index contributed by atoms with van der Waals surface area (Å²) in [5.41, 5.74) is 10.9. The number of benzene rings is 1. The first kappa shape index (κ1) is 12.6. The highest BCUT2D eigenvalue weighted by atomic mass is 35.5. The van der Waals surface area contributed by atoms with E-state index in [0.717, 1.165) is 22.8 Å². The molecule has 0 atom stereocenters. The SMILES string of the molecule is Cc1ccccc1-n1nc(C)c(N)c1C.Cl. The third-order valence-corrected chi connectivity index (χ3v) is 2.69. The van der Waals surface area contributed by atoms with Gasteiger partial charge >= 0.3 is 0 Å². The summed E-state index contributed by atoms with van der Waals surface area (Å²) in [4.78, 5) is 0. The van der Waals surface area contributed by atoms with E-state index in [1.54, 1.807) is 0 Å². The molecule has 86 valence electrons. The monoisotopic (exact) mass is 237 g/mol. The Labute approximate surface area is 102 Å². The van der Waals surface area contributed by atoms with Crippen molar-refractivity contribution >= 4 is 18.1 Å². The number of nitrogen functional groups attached to an aromatic ring is 1. The number of para-hydroxylation sites is 1. The Bertz CT molecular complexity index is 503. The van der Waals surface area contributed by atoms with E-state index < -0.39 is 0 Å². The van der Waals surface area contributed by atoms with Crippen molar-refractivity contribution in [3.05, 3.63) is 41.2 Å². The number of anilines is 1. The zero-order valence-corrected chi connectivity index (χ0v) is 10.5. The second-order valence-electron chi connectivity index (χ2n) is 3.78. The number of nitrogens with zero attached hydrogens (tertiary/aromatic N) is 2. The standard InChI is InChI=1S/C12H15N3.ClH/c1-8-6-4-5-7-11(8)15-10(3)12(13)9(2)14-15;/h4-7H,13H2,1-3H3;1H. The predicted molar refractivity (Wildman–Crippen MR) is 69.4 cm³/mol. The van der Waals surface area contributed by atoms with Crippen molar-refractivity contribution < 1.29 is 0 Å². The molecule has 1 aromatic heterocycles. The van der Waals surface area contributed by atoms with Crippen molar-refractivity contribution in [2.75, 3.05) is 5.73 Å².